The molecule has 1 saturated heterocycles. The summed E-state index contributed by atoms with van der Waals surface area (Å²) in [6, 6.07) is 15.2. The Bertz CT molecular complexity index is 1410. The molecule has 1 fully saturated rings. The van der Waals surface area contributed by atoms with E-state index in [0.29, 0.717) is 42.2 Å². The van der Waals surface area contributed by atoms with Gasteiger partial charge in [-0.25, -0.2) is 8.42 Å². The fourth-order valence-corrected chi connectivity index (χ4v) is 6.48. The summed E-state index contributed by atoms with van der Waals surface area (Å²) < 4.78 is 27.5. The molecule has 0 radical (unpaired) electrons. The molecule has 9 heteroatoms. The predicted molar refractivity (Wildman–Crippen MR) is 133 cm³/mol. The van der Waals surface area contributed by atoms with Gasteiger partial charge in [0.1, 0.15) is 0 Å². The van der Waals surface area contributed by atoms with Crippen LogP contribution >= 0.6 is 11.6 Å². The van der Waals surface area contributed by atoms with Crippen LogP contribution in [0, 0.1) is 5.92 Å². The second-order valence-electron chi connectivity index (χ2n) is 8.56. The number of carbonyl (C=O) groups excluding carboxylic acids is 2. The van der Waals surface area contributed by atoms with Crippen LogP contribution in [0.15, 0.2) is 59.5 Å². The number of amides is 2. The van der Waals surface area contributed by atoms with Crippen molar-refractivity contribution in [2.24, 2.45) is 5.92 Å². The fraction of sp³-hybridized carbons (Fsp3) is 0.280. The van der Waals surface area contributed by atoms with Crippen LogP contribution in [-0.2, 0) is 14.8 Å². The lowest BCUT2D eigenvalue weighted by Crippen LogP contribution is -2.43. The maximum atomic E-state index is 13.2. The average molecular weight is 498 g/mol. The third-order valence-corrected chi connectivity index (χ3v) is 8.70. The molecule has 2 heterocycles. The molecule has 5 rings (SSSR count). The number of rotatable bonds is 5. The molecule has 0 bridgehead atoms. The molecule has 3 aromatic rings. The Labute approximate surface area is 203 Å². The molecular formula is C25H24ClN3O4S. The SMILES string of the molecule is CCN1C(=O)c2cccc3c(NC(=O)C4CCCN(S(=O)(=O)c5ccc(Cl)cc5)C4)ccc1c23. The van der Waals surface area contributed by atoms with Crippen molar-refractivity contribution in [3.63, 3.8) is 0 Å². The van der Waals surface area contributed by atoms with Gasteiger partial charge in [0.05, 0.1) is 16.5 Å². The number of nitrogens with one attached hydrogen (secondary N) is 1. The zero-order chi connectivity index (χ0) is 24.0. The lowest BCUT2D eigenvalue weighted by molar-refractivity contribution is -0.120. The number of carbonyl (C=O) groups is 2. The van der Waals surface area contributed by atoms with E-state index < -0.39 is 15.9 Å². The summed E-state index contributed by atoms with van der Waals surface area (Å²) in [5, 5.41) is 5.09. The van der Waals surface area contributed by atoms with E-state index in [0.717, 1.165) is 16.5 Å². The number of nitrogens with zero attached hydrogens (tertiary/aromatic N) is 2. The Morgan fingerprint density at radius 2 is 1.88 bits per heavy atom. The molecule has 3 aromatic carbocycles. The van der Waals surface area contributed by atoms with E-state index in [9.17, 15) is 18.0 Å². The fourth-order valence-electron chi connectivity index (χ4n) is 4.83. The largest absolute Gasteiger partial charge is 0.325 e. The second-order valence-corrected chi connectivity index (χ2v) is 10.9. The molecule has 0 saturated carbocycles. The van der Waals surface area contributed by atoms with E-state index in [4.69, 9.17) is 11.6 Å². The molecule has 1 unspecified atom stereocenters. The Morgan fingerprint density at radius 3 is 2.62 bits per heavy atom. The average Bonchev–Trinajstić information content (AvgIpc) is 3.13. The van der Waals surface area contributed by atoms with Crippen LogP contribution in [0.4, 0.5) is 11.4 Å². The van der Waals surface area contributed by atoms with Gasteiger partial charge in [0, 0.05) is 46.7 Å². The van der Waals surface area contributed by atoms with Gasteiger partial charge in [-0.1, -0.05) is 23.7 Å². The maximum absolute atomic E-state index is 13.2. The van der Waals surface area contributed by atoms with Crippen molar-refractivity contribution >= 4 is 55.6 Å². The van der Waals surface area contributed by atoms with Gasteiger partial charge in [-0.3, -0.25) is 9.59 Å². The highest BCUT2D eigenvalue weighted by molar-refractivity contribution is 7.89. The zero-order valence-corrected chi connectivity index (χ0v) is 20.2. The monoisotopic (exact) mass is 497 g/mol. The van der Waals surface area contributed by atoms with Gasteiger partial charge in [-0.2, -0.15) is 4.31 Å². The number of anilines is 2. The minimum Gasteiger partial charge on any atom is -0.325 e. The van der Waals surface area contributed by atoms with E-state index in [1.54, 1.807) is 23.1 Å². The van der Waals surface area contributed by atoms with E-state index >= 15 is 0 Å². The molecule has 7 nitrogen and oxygen atoms in total. The van der Waals surface area contributed by atoms with Crippen molar-refractivity contribution in [2.75, 3.05) is 29.9 Å². The van der Waals surface area contributed by atoms with Gasteiger partial charge in [0.25, 0.3) is 5.91 Å². The molecule has 0 aromatic heterocycles. The van der Waals surface area contributed by atoms with E-state index in [2.05, 4.69) is 5.32 Å². The minimum atomic E-state index is -3.72. The van der Waals surface area contributed by atoms with Gasteiger partial charge in [0.2, 0.25) is 15.9 Å². The standard InChI is InChI=1S/C25H24ClN3O4S/c1-2-29-22-13-12-21(19-6-3-7-20(23(19)22)25(29)31)27-24(30)16-5-4-14-28(15-16)34(32,33)18-10-8-17(26)9-11-18/h3,6-13,16H,2,4-5,14-15H2,1H3,(H,27,30). The van der Waals surface area contributed by atoms with Crippen LogP contribution in [0.3, 0.4) is 0 Å². The first-order valence-electron chi connectivity index (χ1n) is 11.3. The highest BCUT2D eigenvalue weighted by Gasteiger charge is 2.34. The van der Waals surface area contributed by atoms with Gasteiger partial charge >= 0.3 is 0 Å². The number of halogens is 1. The number of benzene rings is 3. The van der Waals surface area contributed by atoms with E-state index in [1.807, 2.05) is 31.2 Å². The van der Waals surface area contributed by atoms with Crippen LogP contribution in [-0.4, -0.2) is 44.2 Å². The topological polar surface area (TPSA) is 86.8 Å². The minimum absolute atomic E-state index is 0.0399. The lowest BCUT2D eigenvalue weighted by Gasteiger charge is -2.31. The van der Waals surface area contributed by atoms with Gasteiger partial charge in [-0.05, 0) is 62.2 Å². The molecule has 0 spiro atoms. The molecule has 1 N–H and O–H groups in total. The molecule has 1 atom stereocenters. The first kappa shape index (κ1) is 22.8. The zero-order valence-electron chi connectivity index (χ0n) is 18.6. The highest BCUT2D eigenvalue weighted by Crippen LogP contribution is 2.40. The lowest BCUT2D eigenvalue weighted by atomic mass is 9.98. The van der Waals surface area contributed by atoms with Crippen LogP contribution in [0.25, 0.3) is 10.8 Å². The van der Waals surface area contributed by atoms with Crippen molar-refractivity contribution in [1.82, 2.24) is 4.31 Å². The normalized spacial score (nSPS) is 18.5. The van der Waals surface area contributed by atoms with Crippen LogP contribution in [0.5, 0.6) is 0 Å². The molecular weight excluding hydrogens is 474 g/mol. The highest BCUT2D eigenvalue weighted by atomic mass is 35.5. The number of piperidine rings is 1. The molecule has 2 aliphatic rings. The van der Waals surface area contributed by atoms with E-state index in [-0.39, 0.29) is 23.3 Å². The van der Waals surface area contributed by atoms with Crippen molar-refractivity contribution in [2.45, 2.75) is 24.7 Å². The number of sulfonamides is 1. The quantitative estimate of drug-likeness (QED) is 0.561. The Kier molecular flexibility index (Phi) is 5.83. The summed E-state index contributed by atoms with van der Waals surface area (Å²) >= 11 is 5.90. The second kappa shape index (κ2) is 8.69. The van der Waals surface area contributed by atoms with Crippen LogP contribution in [0.1, 0.15) is 30.1 Å². The molecule has 176 valence electrons. The van der Waals surface area contributed by atoms with Gasteiger partial charge in [-0.15, -0.1) is 0 Å². The summed E-state index contributed by atoms with van der Waals surface area (Å²) in [6.45, 7) is 2.97. The van der Waals surface area contributed by atoms with Crippen molar-refractivity contribution in [1.29, 1.82) is 0 Å². The third kappa shape index (κ3) is 3.76. The van der Waals surface area contributed by atoms with Gasteiger partial charge < -0.3 is 10.2 Å². The van der Waals surface area contributed by atoms with Crippen molar-refractivity contribution < 1.29 is 18.0 Å². The summed E-state index contributed by atoms with van der Waals surface area (Å²) in [5.41, 5.74) is 2.09. The Hall–Kier alpha value is -2.94. The molecule has 2 amide bonds. The third-order valence-electron chi connectivity index (χ3n) is 6.57. The van der Waals surface area contributed by atoms with Crippen LogP contribution in [0.2, 0.25) is 5.02 Å². The molecule has 2 aliphatic heterocycles. The van der Waals surface area contributed by atoms with Crippen molar-refractivity contribution in [3.8, 4) is 0 Å². The van der Waals surface area contributed by atoms with Crippen LogP contribution < -0.4 is 10.2 Å². The predicted octanol–water partition coefficient (Wildman–Crippen LogP) is 4.51. The Balaban J connectivity index is 1.39. The first-order chi connectivity index (χ1) is 16.3. The first-order valence-corrected chi connectivity index (χ1v) is 13.1. The number of hydrogen-bond donors (Lipinski definition) is 1. The maximum Gasteiger partial charge on any atom is 0.258 e. The summed E-state index contributed by atoms with van der Waals surface area (Å²) in [7, 11) is -3.72. The van der Waals surface area contributed by atoms with E-state index in [1.165, 1.54) is 16.4 Å². The smallest absolute Gasteiger partial charge is 0.258 e. The van der Waals surface area contributed by atoms with Gasteiger partial charge in [0.15, 0.2) is 0 Å². The summed E-state index contributed by atoms with van der Waals surface area (Å²) in [5.74, 6) is -0.747. The Morgan fingerprint density at radius 1 is 1.12 bits per heavy atom. The molecule has 0 aliphatic carbocycles. The molecule has 34 heavy (non-hydrogen) atoms. The summed E-state index contributed by atoms with van der Waals surface area (Å²) in [4.78, 5) is 27.8. The number of hydrogen-bond acceptors (Lipinski definition) is 4. The summed E-state index contributed by atoms with van der Waals surface area (Å²) in [6.07, 6.45) is 1.19. The van der Waals surface area contributed by atoms with Crippen molar-refractivity contribution in [3.05, 3.63) is 65.2 Å².